The summed E-state index contributed by atoms with van der Waals surface area (Å²) in [6.07, 6.45) is 5.11. The molecular formula is C16H18N2. The largest absolute Gasteiger partial charge is 0.356 e. The summed E-state index contributed by atoms with van der Waals surface area (Å²) in [5, 5.41) is 3.38. The Morgan fingerprint density at radius 3 is 2.50 bits per heavy atom. The van der Waals surface area contributed by atoms with Crippen molar-refractivity contribution in [3.8, 4) is 0 Å². The molecule has 0 heterocycles. The molecule has 0 aromatic heterocycles. The monoisotopic (exact) mass is 238 g/mol. The number of para-hydroxylation sites is 1. The Bertz CT molecular complexity index is 504. The normalized spacial score (nSPS) is 10.7. The molecule has 2 rings (SSSR count). The molecule has 0 unspecified atom stereocenters. The first-order valence-electron chi connectivity index (χ1n) is 6.17. The fourth-order valence-electron chi connectivity index (χ4n) is 1.72. The van der Waals surface area contributed by atoms with Crippen LogP contribution in [0.4, 0.5) is 11.4 Å². The molecule has 0 fully saturated rings. The first kappa shape index (κ1) is 12.4. The second-order valence-corrected chi connectivity index (χ2v) is 4.10. The summed E-state index contributed by atoms with van der Waals surface area (Å²) >= 11 is 0. The summed E-state index contributed by atoms with van der Waals surface area (Å²) in [5.41, 5.74) is 8.84. The number of nitrogens with two attached hydrogens (primary N) is 1. The third kappa shape index (κ3) is 3.75. The second kappa shape index (κ2) is 6.62. The Balaban J connectivity index is 2.08. The average molecular weight is 238 g/mol. The minimum Gasteiger partial charge on any atom is -0.356 e. The Morgan fingerprint density at radius 1 is 0.944 bits per heavy atom. The number of anilines is 2. The molecule has 2 heteroatoms. The number of benzene rings is 2. The van der Waals surface area contributed by atoms with Gasteiger partial charge in [-0.3, -0.25) is 0 Å². The van der Waals surface area contributed by atoms with E-state index in [0.717, 1.165) is 17.8 Å². The quantitative estimate of drug-likeness (QED) is 0.831. The van der Waals surface area contributed by atoms with E-state index in [1.807, 2.05) is 24.3 Å². The Labute approximate surface area is 108 Å². The summed E-state index contributed by atoms with van der Waals surface area (Å²) in [5.74, 6) is 0. The smallest absolute Gasteiger partial charge is 0.0390 e. The zero-order chi connectivity index (χ0) is 12.6. The zero-order valence-corrected chi connectivity index (χ0v) is 10.3. The predicted octanol–water partition coefficient (Wildman–Crippen LogP) is 3.79. The number of rotatable bonds is 5. The predicted molar refractivity (Wildman–Crippen MR) is 78.9 cm³/mol. The van der Waals surface area contributed by atoms with E-state index in [1.54, 1.807) is 0 Å². The van der Waals surface area contributed by atoms with Gasteiger partial charge < -0.3 is 11.1 Å². The second-order valence-electron chi connectivity index (χ2n) is 4.10. The van der Waals surface area contributed by atoms with E-state index in [4.69, 9.17) is 5.73 Å². The van der Waals surface area contributed by atoms with E-state index in [2.05, 4.69) is 47.8 Å². The van der Waals surface area contributed by atoms with Crippen molar-refractivity contribution in [3.63, 3.8) is 0 Å². The highest BCUT2D eigenvalue weighted by Crippen LogP contribution is 2.17. The molecule has 0 bridgehead atoms. The maximum atomic E-state index is 5.46. The molecule has 92 valence electrons. The number of hydrogen-bond donors (Lipinski definition) is 2. The van der Waals surface area contributed by atoms with Gasteiger partial charge in [0.05, 0.1) is 0 Å². The molecule has 0 aliphatic carbocycles. The van der Waals surface area contributed by atoms with Crippen molar-refractivity contribution >= 4 is 17.5 Å². The van der Waals surface area contributed by atoms with Gasteiger partial charge in [0.25, 0.3) is 0 Å². The summed E-state index contributed by atoms with van der Waals surface area (Å²) in [7, 11) is 0. The van der Waals surface area contributed by atoms with Crippen molar-refractivity contribution in [2.75, 3.05) is 11.9 Å². The van der Waals surface area contributed by atoms with Gasteiger partial charge >= 0.3 is 0 Å². The first-order valence-corrected chi connectivity index (χ1v) is 6.17. The maximum absolute atomic E-state index is 5.46. The lowest BCUT2D eigenvalue weighted by atomic mass is 10.1. The summed E-state index contributed by atoms with van der Waals surface area (Å²) in [4.78, 5) is 0. The van der Waals surface area contributed by atoms with Crippen LogP contribution in [0.25, 0.3) is 6.08 Å². The lowest BCUT2D eigenvalue weighted by molar-refractivity contribution is 1.01. The van der Waals surface area contributed by atoms with Crippen LogP contribution >= 0.6 is 0 Å². The molecule has 0 aliphatic heterocycles. The van der Waals surface area contributed by atoms with Crippen molar-refractivity contribution in [1.82, 2.24) is 0 Å². The molecule has 0 saturated carbocycles. The van der Waals surface area contributed by atoms with E-state index in [-0.39, 0.29) is 0 Å². The van der Waals surface area contributed by atoms with Gasteiger partial charge in [-0.2, -0.15) is 0 Å². The average Bonchev–Trinajstić information content (AvgIpc) is 2.41. The molecule has 0 radical (unpaired) electrons. The molecule has 0 saturated heterocycles. The molecule has 2 nitrogen and oxygen atoms in total. The van der Waals surface area contributed by atoms with E-state index in [1.165, 1.54) is 5.56 Å². The first-order chi connectivity index (χ1) is 8.88. The SMILES string of the molecule is NCCC=Cc1cccc(Nc2ccccc2)c1. The standard InChI is InChI=1S/C16H18N2/c17-12-5-4-7-14-8-6-11-16(13-14)18-15-9-2-1-3-10-15/h1-4,6-11,13,18H,5,12,17H2. The van der Waals surface area contributed by atoms with Crippen LogP contribution in [0.2, 0.25) is 0 Å². The van der Waals surface area contributed by atoms with Crippen molar-refractivity contribution in [1.29, 1.82) is 0 Å². The molecule has 0 spiro atoms. The van der Waals surface area contributed by atoms with Crippen LogP contribution in [0.15, 0.2) is 60.7 Å². The fourth-order valence-corrected chi connectivity index (χ4v) is 1.72. The van der Waals surface area contributed by atoms with Crippen LogP contribution in [0.1, 0.15) is 12.0 Å². The van der Waals surface area contributed by atoms with Gasteiger partial charge in [0.1, 0.15) is 0 Å². The van der Waals surface area contributed by atoms with Gasteiger partial charge in [-0.1, -0.05) is 42.5 Å². The van der Waals surface area contributed by atoms with Crippen molar-refractivity contribution in [2.45, 2.75) is 6.42 Å². The Kier molecular flexibility index (Phi) is 4.56. The van der Waals surface area contributed by atoms with Gasteiger partial charge in [-0.25, -0.2) is 0 Å². The highest BCUT2D eigenvalue weighted by Gasteiger charge is 1.94. The minimum atomic E-state index is 0.693. The molecule has 0 aliphatic rings. The van der Waals surface area contributed by atoms with Gasteiger partial charge in [-0.15, -0.1) is 0 Å². The third-order valence-corrected chi connectivity index (χ3v) is 2.59. The van der Waals surface area contributed by atoms with Gasteiger partial charge in [0.15, 0.2) is 0 Å². The maximum Gasteiger partial charge on any atom is 0.0390 e. The zero-order valence-electron chi connectivity index (χ0n) is 10.3. The van der Waals surface area contributed by atoms with Gasteiger partial charge in [0, 0.05) is 11.4 Å². The van der Waals surface area contributed by atoms with E-state index in [9.17, 15) is 0 Å². The van der Waals surface area contributed by atoms with Crippen molar-refractivity contribution in [2.24, 2.45) is 5.73 Å². The summed E-state index contributed by atoms with van der Waals surface area (Å²) < 4.78 is 0. The molecular weight excluding hydrogens is 220 g/mol. The molecule has 2 aromatic rings. The number of nitrogens with one attached hydrogen (secondary N) is 1. The highest BCUT2D eigenvalue weighted by atomic mass is 14.9. The lowest BCUT2D eigenvalue weighted by Crippen LogP contribution is -1.95. The molecule has 0 atom stereocenters. The third-order valence-electron chi connectivity index (χ3n) is 2.59. The van der Waals surface area contributed by atoms with E-state index < -0.39 is 0 Å². The summed E-state index contributed by atoms with van der Waals surface area (Å²) in [6.45, 7) is 0.693. The van der Waals surface area contributed by atoms with Crippen LogP contribution in [-0.4, -0.2) is 6.54 Å². The van der Waals surface area contributed by atoms with Gasteiger partial charge in [0.2, 0.25) is 0 Å². The van der Waals surface area contributed by atoms with Crippen molar-refractivity contribution < 1.29 is 0 Å². The minimum absolute atomic E-state index is 0.693. The van der Waals surface area contributed by atoms with Crippen molar-refractivity contribution in [3.05, 3.63) is 66.2 Å². The molecule has 18 heavy (non-hydrogen) atoms. The molecule has 3 N–H and O–H groups in total. The molecule has 2 aromatic carbocycles. The Morgan fingerprint density at radius 2 is 1.72 bits per heavy atom. The van der Waals surface area contributed by atoms with Crippen LogP contribution in [0.3, 0.4) is 0 Å². The van der Waals surface area contributed by atoms with Crippen LogP contribution < -0.4 is 11.1 Å². The highest BCUT2D eigenvalue weighted by molar-refractivity contribution is 5.63. The molecule has 0 amide bonds. The van der Waals surface area contributed by atoms with E-state index >= 15 is 0 Å². The Hall–Kier alpha value is -2.06. The van der Waals surface area contributed by atoms with Crippen LogP contribution in [0, 0.1) is 0 Å². The lowest BCUT2D eigenvalue weighted by Gasteiger charge is -2.06. The fraction of sp³-hybridized carbons (Fsp3) is 0.125. The van der Waals surface area contributed by atoms with Crippen LogP contribution in [0.5, 0.6) is 0 Å². The number of hydrogen-bond acceptors (Lipinski definition) is 2. The topological polar surface area (TPSA) is 38.0 Å². The van der Waals surface area contributed by atoms with Gasteiger partial charge in [-0.05, 0) is 42.8 Å². The summed E-state index contributed by atoms with van der Waals surface area (Å²) in [6, 6.07) is 18.5. The van der Waals surface area contributed by atoms with E-state index in [0.29, 0.717) is 6.54 Å². The van der Waals surface area contributed by atoms with Crippen LogP contribution in [-0.2, 0) is 0 Å².